The molecule has 1 aliphatic carbocycles. The third-order valence-corrected chi connectivity index (χ3v) is 6.63. The molecule has 0 saturated carbocycles. The maximum absolute atomic E-state index is 12.9. The third-order valence-electron chi connectivity index (χ3n) is 6.63. The van der Waals surface area contributed by atoms with Gasteiger partial charge in [-0.05, 0) is 68.1 Å². The Labute approximate surface area is 199 Å². The second-order valence-corrected chi connectivity index (χ2v) is 9.27. The van der Waals surface area contributed by atoms with E-state index in [1.807, 2.05) is 61.2 Å². The van der Waals surface area contributed by atoms with Crippen molar-refractivity contribution in [2.75, 3.05) is 17.2 Å². The monoisotopic (exact) mass is 455 g/mol. The molecule has 174 valence electrons. The summed E-state index contributed by atoms with van der Waals surface area (Å²) in [4.78, 5) is 36.3. The van der Waals surface area contributed by atoms with Crippen LogP contribution in [0.2, 0.25) is 0 Å². The van der Waals surface area contributed by atoms with Gasteiger partial charge in [-0.2, -0.15) is 0 Å². The highest BCUT2D eigenvalue weighted by Crippen LogP contribution is 2.30. The number of aromatic nitrogens is 2. The number of nitrogens with zero attached hydrogens (tertiary/aromatic N) is 3. The number of anilines is 2. The van der Waals surface area contributed by atoms with Crippen LogP contribution in [0, 0.1) is 19.8 Å². The number of fused-ring (bicyclic) bond motifs is 1. The van der Waals surface area contributed by atoms with E-state index >= 15 is 0 Å². The summed E-state index contributed by atoms with van der Waals surface area (Å²) >= 11 is 0. The van der Waals surface area contributed by atoms with Gasteiger partial charge >= 0.3 is 0 Å². The molecule has 2 amide bonds. The van der Waals surface area contributed by atoms with Gasteiger partial charge in [0.1, 0.15) is 5.82 Å². The van der Waals surface area contributed by atoms with E-state index in [0.717, 1.165) is 41.4 Å². The highest BCUT2D eigenvalue weighted by atomic mass is 16.2. The summed E-state index contributed by atoms with van der Waals surface area (Å²) in [7, 11) is 0. The first kappa shape index (κ1) is 22.1. The molecular weight excluding hydrogens is 426 g/mol. The molecule has 0 spiro atoms. The minimum atomic E-state index is -0.323. The zero-order valence-corrected chi connectivity index (χ0v) is 19.5. The molecule has 1 aliphatic heterocycles. The van der Waals surface area contributed by atoms with Crippen LogP contribution in [0.15, 0.2) is 54.6 Å². The number of benzene rings is 2. The van der Waals surface area contributed by atoms with Crippen molar-refractivity contribution in [3.05, 3.63) is 82.9 Å². The molecule has 0 radical (unpaired) electrons. The Balaban J connectivity index is 1.14. The Morgan fingerprint density at radius 2 is 1.56 bits per heavy atom. The predicted octanol–water partition coefficient (Wildman–Crippen LogP) is 3.66. The molecule has 1 unspecified atom stereocenters. The van der Waals surface area contributed by atoms with Gasteiger partial charge in [-0.25, -0.2) is 9.97 Å². The Morgan fingerprint density at radius 1 is 0.941 bits per heavy atom. The zero-order valence-electron chi connectivity index (χ0n) is 19.5. The number of nitrogens with one attached hydrogen (secondary N) is 2. The van der Waals surface area contributed by atoms with Crippen molar-refractivity contribution in [2.45, 2.75) is 45.7 Å². The summed E-state index contributed by atoms with van der Waals surface area (Å²) in [6.07, 6.45) is 2.02. The van der Waals surface area contributed by atoms with Crippen molar-refractivity contribution >= 4 is 23.2 Å². The van der Waals surface area contributed by atoms with Gasteiger partial charge in [0.15, 0.2) is 0 Å². The Hall–Kier alpha value is -3.74. The van der Waals surface area contributed by atoms with Gasteiger partial charge in [0, 0.05) is 41.8 Å². The van der Waals surface area contributed by atoms with Crippen molar-refractivity contribution in [1.82, 2.24) is 14.9 Å². The standard InChI is InChI=1S/C27H29N5O2/c1-17-11-18(2)30-25(29-17)15-28-22-7-9-23(10-8-22)31-27(34)21-14-26(33)32(16-21)24-12-19-5-3-4-6-20(19)13-24/h3-11,21,24,28H,12-16H2,1-2H3,(H,31,34). The van der Waals surface area contributed by atoms with Gasteiger partial charge in [0.05, 0.1) is 12.5 Å². The summed E-state index contributed by atoms with van der Waals surface area (Å²) < 4.78 is 0. The molecule has 0 bridgehead atoms. The van der Waals surface area contributed by atoms with Crippen molar-refractivity contribution in [3.8, 4) is 0 Å². The molecular formula is C27H29N5O2. The highest BCUT2D eigenvalue weighted by Gasteiger charge is 2.39. The maximum atomic E-state index is 12.9. The van der Waals surface area contributed by atoms with E-state index in [1.165, 1.54) is 11.1 Å². The van der Waals surface area contributed by atoms with Crippen LogP contribution in [0.3, 0.4) is 0 Å². The van der Waals surface area contributed by atoms with E-state index < -0.39 is 0 Å². The molecule has 1 atom stereocenters. The molecule has 34 heavy (non-hydrogen) atoms. The van der Waals surface area contributed by atoms with E-state index in [1.54, 1.807) is 0 Å². The van der Waals surface area contributed by atoms with E-state index in [4.69, 9.17) is 0 Å². The SMILES string of the molecule is Cc1cc(C)nc(CNc2ccc(NC(=O)C3CC(=O)N(C4Cc5ccccc5C4)C3)cc2)n1. The molecule has 2 heterocycles. The molecule has 7 nitrogen and oxygen atoms in total. The fourth-order valence-electron chi connectivity index (χ4n) is 4.99. The fraction of sp³-hybridized carbons (Fsp3) is 0.333. The van der Waals surface area contributed by atoms with Crippen molar-refractivity contribution in [3.63, 3.8) is 0 Å². The van der Waals surface area contributed by atoms with Crippen LogP contribution in [-0.4, -0.2) is 39.3 Å². The van der Waals surface area contributed by atoms with Crippen molar-refractivity contribution < 1.29 is 9.59 Å². The normalized spacial score (nSPS) is 17.6. The van der Waals surface area contributed by atoms with Gasteiger partial charge in [0.2, 0.25) is 11.8 Å². The number of hydrogen-bond donors (Lipinski definition) is 2. The first-order valence-electron chi connectivity index (χ1n) is 11.8. The van der Waals surface area contributed by atoms with Crippen LogP contribution in [0.5, 0.6) is 0 Å². The molecule has 3 aromatic rings. The average molecular weight is 456 g/mol. The summed E-state index contributed by atoms with van der Waals surface area (Å²) in [5.74, 6) is 0.397. The number of carbonyl (C=O) groups is 2. The number of likely N-dealkylation sites (tertiary alicyclic amines) is 1. The molecule has 1 aromatic heterocycles. The molecule has 2 N–H and O–H groups in total. The van der Waals surface area contributed by atoms with Crippen LogP contribution < -0.4 is 10.6 Å². The van der Waals surface area contributed by atoms with E-state index in [9.17, 15) is 9.59 Å². The van der Waals surface area contributed by atoms with Crippen molar-refractivity contribution in [2.24, 2.45) is 5.92 Å². The topological polar surface area (TPSA) is 87.2 Å². The molecule has 7 heteroatoms. The average Bonchev–Trinajstić information content (AvgIpc) is 3.41. The van der Waals surface area contributed by atoms with Gasteiger partial charge < -0.3 is 15.5 Å². The highest BCUT2D eigenvalue weighted by molar-refractivity contribution is 5.97. The first-order valence-corrected chi connectivity index (χ1v) is 11.8. The fourth-order valence-corrected chi connectivity index (χ4v) is 4.99. The van der Waals surface area contributed by atoms with Gasteiger partial charge in [-0.1, -0.05) is 24.3 Å². The van der Waals surface area contributed by atoms with E-state index in [-0.39, 0.29) is 30.2 Å². The van der Waals surface area contributed by atoms with E-state index in [2.05, 4.69) is 32.7 Å². The number of aryl methyl sites for hydroxylation is 2. The minimum absolute atomic E-state index is 0.0751. The number of rotatable bonds is 6. The smallest absolute Gasteiger partial charge is 0.229 e. The molecule has 1 saturated heterocycles. The van der Waals surface area contributed by atoms with Gasteiger partial charge in [0.25, 0.3) is 0 Å². The summed E-state index contributed by atoms with van der Waals surface area (Å²) in [5, 5.41) is 6.29. The Bertz CT molecular complexity index is 1180. The summed E-state index contributed by atoms with van der Waals surface area (Å²) in [6, 6.07) is 18.0. The summed E-state index contributed by atoms with van der Waals surface area (Å²) in [6.45, 7) is 4.93. The Morgan fingerprint density at radius 3 is 2.21 bits per heavy atom. The first-order chi connectivity index (χ1) is 16.4. The molecule has 2 aliphatic rings. The lowest BCUT2D eigenvalue weighted by molar-refractivity contribution is -0.129. The second-order valence-electron chi connectivity index (χ2n) is 9.27. The molecule has 1 fully saturated rings. The van der Waals surface area contributed by atoms with Crippen LogP contribution in [0.1, 0.15) is 34.8 Å². The lowest BCUT2D eigenvalue weighted by atomic mass is 10.1. The van der Waals surface area contributed by atoms with Gasteiger partial charge in [-0.3, -0.25) is 9.59 Å². The van der Waals surface area contributed by atoms with Crippen LogP contribution in [0.25, 0.3) is 0 Å². The van der Waals surface area contributed by atoms with Gasteiger partial charge in [-0.15, -0.1) is 0 Å². The Kier molecular flexibility index (Phi) is 6.01. The number of hydrogen-bond acceptors (Lipinski definition) is 5. The van der Waals surface area contributed by atoms with Crippen LogP contribution in [0.4, 0.5) is 11.4 Å². The zero-order chi connectivity index (χ0) is 23.7. The quantitative estimate of drug-likeness (QED) is 0.592. The largest absolute Gasteiger partial charge is 0.378 e. The number of carbonyl (C=O) groups excluding carboxylic acids is 2. The summed E-state index contributed by atoms with van der Waals surface area (Å²) in [5.41, 5.74) is 6.16. The lowest BCUT2D eigenvalue weighted by Crippen LogP contribution is -2.38. The number of amides is 2. The van der Waals surface area contributed by atoms with Crippen molar-refractivity contribution in [1.29, 1.82) is 0 Å². The maximum Gasteiger partial charge on any atom is 0.229 e. The minimum Gasteiger partial charge on any atom is -0.378 e. The molecule has 5 rings (SSSR count). The predicted molar refractivity (Wildman–Crippen MR) is 131 cm³/mol. The molecule has 2 aromatic carbocycles. The van der Waals surface area contributed by atoms with Crippen LogP contribution >= 0.6 is 0 Å². The third kappa shape index (κ3) is 4.78. The lowest BCUT2D eigenvalue weighted by Gasteiger charge is -2.24. The van der Waals surface area contributed by atoms with E-state index in [0.29, 0.717) is 13.1 Å². The second kappa shape index (κ2) is 9.25. The van der Waals surface area contributed by atoms with Crippen LogP contribution in [-0.2, 0) is 29.0 Å².